The van der Waals surface area contributed by atoms with Crippen LogP contribution >= 0.6 is 23.4 Å². The third-order valence-electron chi connectivity index (χ3n) is 5.73. The summed E-state index contributed by atoms with van der Waals surface area (Å²) in [7, 11) is 1.54. The maximum absolute atomic E-state index is 13.5. The van der Waals surface area contributed by atoms with Crippen LogP contribution in [0.25, 0.3) is 0 Å². The standard InChI is InChI=1S/C30H27ClN2O3S/c1-19-8-7-11-22(16-19)29(34)32-23-12-14-24(15-13-23)37-28(21-9-5-4-6-10-21)30(35)33-26-17-20(2)25(31)18-27(26)36-3/h4-18,28H,1-3H3,(H,32,34)(H,33,35). The monoisotopic (exact) mass is 530 g/mol. The molecule has 0 radical (unpaired) electrons. The third kappa shape index (κ3) is 6.73. The lowest BCUT2D eigenvalue weighted by Crippen LogP contribution is -2.19. The van der Waals surface area contributed by atoms with Crippen LogP contribution in [0.5, 0.6) is 5.75 Å². The second-order valence-corrected chi connectivity index (χ2v) is 10.1. The number of thioether (sulfide) groups is 1. The van der Waals surface area contributed by atoms with Crippen molar-refractivity contribution < 1.29 is 14.3 Å². The number of methoxy groups -OCH3 is 1. The molecule has 4 aromatic rings. The molecule has 2 N–H and O–H groups in total. The summed E-state index contributed by atoms with van der Waals surface area (Å²) >= 11 is 7.65. The van der Waals surface area contributed by atoms with Crippen LogP contribution in [-0.4, -0.2) is 18.9 Å². The summed E-state index contributed by atoms with van der Waals surface area (Å²) in [6, 6.07) is 28.0. The van der Waals surface area contributed by atoms with Gasteiger partial charge in [-0.25, -0.2) is 0 Å². The molecule has 0 aliphatic heterocycles. The Kier molecular flexibility index (Phi) is 8.54. The largest absolute Gasteiger partial charge is 0.495 e. The van der Waals surface area contributed by atoms with E-state index in [4.69, 9.17) is 16.3 Å². The van der Waals surface area contributed by atoms with Gasteiger partial charge in [0, 0.05) is 27.2 Å². The number of halogens is 1. The van der Waals surface area contributed by atoms with Crippen LogP contribution in [0.1, 0.15) is 32.3 Å². The van der Waals surface area contributed by atoms with Crippen LogP contribution in [0.4, 0.5) is 11.4 Å². The first-order valence-corrected chi connectivity index (χ1v) is 12.9. The van der Waals surface area contributed by atoms with Gasteiger partial charge in [-0.05, 0) is 67.4 Å². The Morgan fingerprint density at radius 1 is 0.865 bits per heavy atom. The lowest BCUT2D eigenvalue weighted by Gasteiger charge is -2.19. The molecule has 1 unspecified atom stereocenters. The first-order chi connectivity index (χ1) is 17.8. The van der Waals surface area contributed by atoms with Crippen molar-refractivity contribution in [3.63, 3.8) is 0 Å². The lowest BCUT2D eigenvalue weighted by molar-refractivity contribution is -0.115. The van der Waals surface area contributed by atoms with Crippen LogP contribution in [0.2, 0.25) is 5.02 Å². The minimum Gasteiger partial charge on any atom is -0.495 e. The summed E-state index contributed by atoms with van der Waals surface area (Å²) < 4.78 is 5.43. The Hall–Kier alpha value is -3.74. The number of nitrogens with one attached hydrogen (secondary N) is 2. The Morgan fingerprint density at radius 3 is 2.27 bits per heavy atom. The lowest BCUT2D eigenvalue weighted by atomic mass is 10.1. The van der Waals surface area contributed by atoms with E-state index in [-0.39, 0.29) is 11.8 Å². The van der Waals surface area contributed by atoms with E-state index in [1.165, 1.54) is 11.8 Å². The maximum Gasteiger partial charge on any atom is 0.255 e. The van der Waals surface area contributed by atoms with Gasteiger partial charge in [0.2, 0.25) is 5.91 Å². The van der Waals surface area contributed by atoms with Gasteiger partial charge in [0.25, 0.3) is 5.91 Å². The molecule has 0 saturated heterocycles. The van der Waals surface area contributed by atoms with Gasteiger partial charge in [0.15, 0.2) is 0 Å². The van der Waals surface area contributed by atoms with E-state index in [9.17, 15) is 9.59 Å². The van der Waals surface area contributed by atoms with Crippen LogP contribution in [0, 0.1) is 13.8 Å². The summed E-state index contributed by atoms with van der Waals surface area (Å²) in [6.07, 6.45) is 0. The first-order valence-electron chi connectivity index (χ1n) is 11.7. The Balaban J connectivity index is 1.52. The molecule has 0 heterocycles. The average Bonchev–Trinajstić information content (AvgIpc) is 2.90. The second-order valence-electron chi connectivity index (χ2n) is 8.55. The van der Waals surface area contributed by atoms with Gasteiger partial charge in [-0.1, -0.05) is 59.6 Å². The predicted molar refractivity (Wildman–Crippen MR) is 152 cm³/mol. The molecule has 7 heteroatoms. The smallest absolute Gasteiger partial charge is 0.255 e. The van der Waals surface area contributed by atoms with E-state index in [1.807, 2.05) is 86.6 Å². The van der Waals surface area contributed by atoms with E-state index in [0.717, 1.165) is 21.6 Å². The van der Waals surface area contributed by atoms with Gasteiger partial charge in [0.05, 0.1) is 12.8 Å². The molecule has 0 fully saturated rings. The van der Waals surface area contributed by atoms with E-state index < -0.39 is 5.25 Å². The number of anilines is 2. The minimum absolute atomic E-state index is 0.169. The number of carbonyl (C=O) groups excluding carboxylic acids is 2. The molecule has 0 bridgehead atoms. The molecule has 0 aliphatic rings. The number of benzene rings is 4. The van der Waals surface area contributed by atoms with E-state index in [0.29, 0.717) is 27.7 Å². The summed E-state index contributed by atoms with van der Waals surface area (Å²) in [6.45, 7) is 3.83. The molecule has 0 aliphatic carbocycles. The zero-order chi connectivity index (χ0) is 26.4. The number of ether oxygens (including phenoxy) is 1. The molecule has 0 aromatic heterocycles. The van der Waals surface area contributed by atoms with Crippen LogP contribution in [0.3, 0.4) is 0 Å². The number of aryl methyl sites for hydroxylation is 2. The highest BCUT2D eigenvalue weighted by molar-refractivity contribution is 8.00. The Morgan fingerprint density at radius 2 is 1.59 bits per heavy atom. The molecule has 0 saturated carbocycles. The topological polar surface area (TPSA) is 67.4 Å². The number of rotatable bonds is 8. The molecule has 2 amide bonds. The zero-order valence-corrected chi connectivity index (χ0v) is 22.3. The fraction of sp³-hybridized carbons (Fsp3) is 0.133. The quantitative estimate of drug-likeness (QED) is 0.229. The van der Waals surface area contributed by atoms with E-state index in [1.54, 1.807) is 25.3 Å². The molecule has 4 rings (SSSR count). The SMILES string of the molecule is COc1cc(Cl)c(C)cc1NC(=O)C(Sc1ccc(NC(=O)c2cccc(C)c2)cc1)c1ccccc1. The molecule has 5 nitrogen and oxygen atoms in total. The fourth-order valence-electron chi connectivity index (χ4n) is 3.77. The molecule has 0 spiro atoms. The van der Waals surface area contributed by atoms with Gasteiger partial charge in [-0.15, -0.1) is 11.8 Å². The summed E-state index contributed by atoms with van der Waals surface area (Å²) in [4.78, 5) is 27.0. The molecule has 188 valence electrons. The summed E-state index contributed by atoms with van der Waals surface area (Å²) in [5.41, 5.74) is 4.57. The van der Waals surface area contributed by atoms with Crippen molar-refractivity contribution >= 4 is 46.6 Å². The van der Waals surface area contributed by atoms with Gasteiger partial charge in [-0.2, -0.15) is 0 Å². The zero-order valence-electron chi connectivity index (χ0n) is 20.7. The van der Waals surface area contributed by atoms with Crippen molar-refractivity contribution in [1.82, 2.24) is 0 Å². The van der Waals surface area contributed by atoms with Crippen LogP contribution in [0.15, 0.2) is 95.9 Å². The van der Waals surface area contributed by atoms with Gasteiger partial charge >= 0.3 is 0 Å². The van der Waals surface area contributed by atoms with Crippen LogP contribution < -0.4 is 15.4 Å². The molecular weight excluding hydrogens is 504 g/mol. The average molecular weight is 531 g/mol. The number of hydrogen-bond donors (Lipinski definition) is 2. The minimum atomic E-state index is -0.519. The fourth-order valence-corrected chi connectivity index (χ4v) is 4.95. The summed E-state index contributed by atoms with van der Waals surface area (Å²) in [5, 5.41) is 5.98. The van der Waals surface area contributed by atoms with Gasteiger partial charge in [0.1, 0.15) is 11.0 Å². The normalized spacial score (nSPS) is 11.5. The molecule has 37 heavy (non-hydrogen) atoms. The van der Waals surface area contributed by atoms with Crippen molar-refractivity contribution in [2.24, 2.45) is 0 Å². The number of amides is 2. The van der Waals surface area contributed by atoms with Crippen molar-refractivity contribution in [1.29, 1.82) is 0 Å². The van der Waals surface area contributed by atoms with Crippen molar-refractivity contribution in [3.05, 3.63) is 118 Å². The van der Waals surface area contributed by atoms with Gasteiger partial charge in [-0.3, -0.25) is 9.59 Å². The van der Waals surface area contributed by atoms with E-state index in [2.05, 4.69) is 10.6 Å². The molecular formula is C30H27ClN2O3S. The van der Waals surface area contributed by atoms with Crippen molar-refractivity contribution in [3.8, 4) is 5.75 Å². The third-order valence-corrected chi connectivity index (χ3v) is 7.40. The summed E-state index contributed by atoms with van der Waals surface area (Å²) in [5.74, 6) is 0.139. The second kappa shape index (κ2) is 12.0. The maximum atomic E-state index is 13.5. The predicted octanol–water partition coefficient (Wildman–Crippen LogP) is 7.69. The van der Waals surface area contributed by atoms with Gasteiger partial charge < -0.3 is 15.4 Å². The van der Waals surface area contributed by atoms with Crippen molar-refractivity contribution in [2.75, 3.05) is 17.7 Å². The number of carbonyl (C=O) groups is 2. The van der Waals surface area contributed by atoms with E-state index >= 15 is 0 Å². The highest BCUT2D eigenvalue weighted by Gasteiger charge is 2.23. The van der Waals surface area contributed by atoms with Crippen LogP contribution in [-0.2, 0) is 4.79 Å². The molecule has 4 aromatic carbocycles. The Labute approximate surface area is 226 Å². The Bertz CT molecular complexity index is 1410. The van der Waals surface area contributed by atoms with Crippen molar-refractivity contribution in [2.45, 2.75) is 24.0 Å². The highest BCUT2D eigenvalue weighted by atomic mass is 35.5. The number of hydrogen-bond acceptors (Lipinski definition) is 4. The first kappa shape index (κ1) is 26.3. The molecule has 1 atom stereocenters. The highest BCUT2D eigenvalue weighted by Crippen LogP contribution is 2.38.